The highest BCUT2D eigenvalue weighted by Crippen LogP contribution is 2.55. The summed E-state index contributed by atoms with van der Waals surface area (Å²) in [5.74, 6) is 2.66. The Morgan fingerprint density at radius 3 is 2.43 bits per heavy atom. The molecule has 1 aliphatic heterocycles. The van der Waals surface area contributed by atoms with Gasteiger partial charge in [0.05, 0.1) is 12.7 Å². The van der Waals surface area contributed by atoms with E-state index in [9.17, 15) is 0 Å². The van der Waals surface area contributed by atoms with Gasteiger partial charge in [0.15, 0.2) is 5.79 Å². The molecule has 2 aliphatic rings. The first-order valence-corrected chi connectivity index (χ1v) is 9.61. The molecule has 0 amide bonds. The molecule has 2 rings (SSSR count). The van der Waals surface area contributed by atoms with Crippen molar-refractivity contribution in [2.24, 2.45) is 29.1 Å². The Hall–Kier alpha value is -0.340. The number of hydrogen-bond donors (Lipinski definition) is 0. The van der Waals surface area contributed by atoms with Gasteiger partial charge in [-0.25, -0.2) is 0 Å². The van der Waals surface area contributed by atoms with E-state index in [1.165, 1.54) is 25.7 Å². The highest BCUT2D eigenvalue weighted by Gasteiger charge is 2.48. The second-order valence-electron chi connectivity index (χ2n) is 9.15. The molecule has 1 saturated carbocycles. The Kier molecular flexibility index (Phi) is 6.00. The fraction of sp³-hybridized carbons (Fsp3) is 0.905. The minimum absolute atomic E-state index is 0.264. The fourth-order valence-electron chi connectivity index (χ4n) is 4.96. The molecule has 0 N–H and O–H groups in total. The first kappa shape index (κ1) is 19.0. The van der Waals surface area contributed by atoms with Gasteiger partial charge in [0.1, 0.15) is 0 Å². The summed E-state index contributed by atoms with van der Waals surface area (Å²) in [6, 6.07) is 0. The van der Waals surface area contributed by atoms with Gasteiger partial charge in [-0.3, -0.25) is 0 Å². The lowest BCUT2D eigenvalue weighted by atomic mass is 9.69. The van der Waals surface area contributed by atoms with Crippen LogP contribution in [0.1, 0.15) is 73.6 Å². The van der Waals surface area contributed by atoms with Crippen LogP contribution in [0.25, 0.3) is 0 Å². The summed E-state index contributed by atoms with van der Waals surface area (Å²) < 4.78 is 11.9. The van der Waals surface area contributed by atoms with Crippen molar-refractivity contribution in [3.8, 4) is 0 Å². The van der Waals surface area contributed by atoms with Crippen LogP contribution in [0.15, 0.2) is 12.7 Å². The lowest BCUT2D eigenvalue weighted by Crippen LogP contribution is -2.33. The largest absolute Gasteiger partial charge is 0.348 e. The zero-order valence-electron chi connectivity index (χ0n) is 16.2. The van der Waals surface area contributed by atoms with E-state index in [0.717, 1.165) is 30.8 Å². The normalized spacial score (nSPS) is 38.1. The molecule has 2 nitrogen and oxygen atoms in total. The van der Waals surface area contributed by atoms with E-state index in [1.807, 2.05) is 13.8 Å². The number of rotatable bonds is 7. The van der Waals surface area contributed by atoms with E-state index in [-0.39, 0.29) is 6.10 Å². The smallest absolute Gasteiger partial charge is 0.163 e. The summed E-state index contributed by atoms with van der Waals surface area (Å²) in [6.45, 7) is 18.4. The van der Waals surface area contributed by atoms with Crippen LogP contribution < -0.4 is 0 Å². The van der Waals surface area contributed by atoms with Crippen LogP contribution in [-0.4, -0.2) is 18.5 Å². The Morgan fingerprint density at radius 2 is 1.91 bits per heavy atom. The molecule has 5 atom stereocenters. The third-order valence-corrected chi connectivity index (χ3v) is 6.41. The molecule has 0 bridgehead atoms. The molecule has 1 aliphatic carbocycles. The average molecular weight is 323 g/mol. The SMILES string of the molecule is C=C[C@@H](C)CC[C@H]1[C@@H](C(C)C)CC[C@]1(C)C[C@H]1COC(C)(C)O1. The molecule has 0 aromatic heterocycles. The van der Waals surface area contributed by atoms with Crippen molar-refractivity contribution in [3.63, 3.8) is 0 Å². The highest BCUT2D eigenvalue weighted by atomic mass is 16.7. The van der Waals surface area contributed by atoms with Crippen molar-refractivity contribution in [1.82, 2.24) is 0 Å². The summed E-state index contributed by atoms with van der Waals surface area (Å²) in [5.41, 5.74) is 0.393. The van der Waals surface area contributed by atoms with Gasteiger partial charge in [0.2, 0.25) is 0 Å². The predicted molar refractivity (Wildman–Crippen MR) is 97.3 cm³/mol. The Balaban J connectivity index is 2.05. The molecule has 1 heterocycles. The zero-order valence-corrected chi connectivity index (χ0v) is 16.2. The third kappa shape index (κ3) is 4.60. The molecule has 0 aromatic carbocycles. The van der Waals surface area contributed by atoms with E-state index in [2.05, 4.69) is 40.3 Å². The molecule has 0 radical (unpaired) electrons. The van der Waals surface area contributed by atoms with Gasteiger partial charge in [0, 0.05) is 0 Å². The second-order valence-corrected chi connectivity index (χ2v) is 9.15. The molecular weight excluding hydrogens is 284 g/mol. The van der Waals surface area contributed by atoms with Crippen molar-refractivity contribution in [3.05, 3.63) is 12.7 Å². The molecule has 0 unspecified atom stereocenters. The molecular formula is C21H38O2. The number of ether oxygens (including phenoxy) is 2. The zero-order chi connectivity index (χ0) is 17.3. The monoisotopic (exact) mass is 322 g/mol. The van der Waals surface area contributed by atoms with Gasteiger partial charge >= 0.3 is 0 Å². The Bertz CT molecular complexity index is 401. The van der Waals surface area contributed by atoms with E-state index in [0.29, 0.717) is 11.3 Å². The van der Waals surface area contributed by atoms with Crippen LogP contribution in [0.2, 0.25) is 0 Å². The van der Waals surface area contributed by atoms with Crippen molar-refractivity contribution in [1.29, 1.82) is 0 Å². The molecule has 23 heavy (non-hydrogen) atoms. The summed E-state index contributed by atoms with van der Waals surface area (Å²) in [6.07, 6.45) is 8.81. The number of allylic oxidation sites excluding steroid dienone is 1. The van der Waals surface area contributed by atoms with Crippen LogP contribution in [0.3, 0.4) is 0 Å². The maximum absolute atomic E-state index is 6.13. The predicted octanol–water partition coefficient (Wildman–Crippen LogP) is 5.82. The molecule has 2 fully saturated rings. The summed E-state index contributed by atoms with van der Waals surface area (Å²) in [5, 5.41) is 0. The average Bonchev–Trinajstić information content (AvgIpc) is 2.96. The third-order valence-electron chi connectivity index (χ3n) is 6.41. The summed E-state index contributed by atoms with van der Waals surface area (Å²) in [4.78, 5) is 0. The second kappa shape index (κ2) is 7.27. The lowest BCUT2D eigenvalue weighted by Gasteiger charge is -2.37. The first-order valence-electron chi connectivity index (χ1n) is 9.61. The van der Waals surface area contributed by atoms with Gasteiger partial charge in [0.25, 0.3) is 0 Å². The summed E-state index contributed by atoms with van der Waals surface area (Å²) >= 11 is 0. The van der Waals surface area contributed by atoms with Crippen molar-refractivity contribution in [2.75, 3.05) is 6.61 Å². The molecule has 0 aromatic rings. The summed E-state index contributed by atoms with van der Waals surface area (Å²) in [7, 11) is 0. The topological polar surface area (TPSA) is 18.5 Å². The van der Waals surface area contributed by atoms with Gasteiger partial charge in [-0.1, -0.05) is 33.8 Å². The van der Waals surface area contributed by atoms with E-state index in [4.69, 9.17) is 9.47 Å². The lowest BCUT2D eigenvalue weighted by molar-refractivity contribution is -0.142. The van der Waals surface area contributed by atoms with Gasteiger partial charge in [-0.2, -0.15) is 0 Å². The van der Waals surface area contributed by atoms with Crippen molar-refractivity contribution < 1.29 is 9.47 Å². The maximum atomic E-state index is 6.13. The van der Waals surface area contributed by atoms with E-state index >= 15 is 0 Å². The van der Waals surface area contributed by atoms with Crippen LogP contribution in [0.4, 0.5) is 0 Å². The molecule has 134 valence electrons. The standard InChI is InChI=1S/C21H38O2/c1-8-16(4)9-10-19-18(15(2)3)11-12-21(19,7)13-17-14-22-20(5,6)23-17/h8,15-19H,1,9-14H2,2-7H3/t16-,17+,18-,19+,21-/m1/s1. The molecule has 0 spiro atoms. The quantitative estimate of drug-likeness (QED) is 0.550. The van der Waals surface area contributed by atoms with Crippen molar-refractivity contribution in [2.45, 2.75) is 85.5 Å². The van der Waals surface area contributed by atoms with Crippen molar-refractivity contribution >= 4 is 0 Å². The first-order chi connectivity index (χ1) is 10.7. The van der Waals surface area contributed by atoms with Crippen LogP contribution in [-0.2, 0) is 9.47 Å². The van der Waals surface area contributed by atoms with Gasteiger partial charge in [-0.15, -0.1) is 6.58 Å². The van der Waals surface area contributed by atoms with E-state index < -0.39 is 5.79 Å². The maximum Gasteiger partial charge on any atom is 0.163 e. The van der Waals surface area contributed by atoms with E-state index in [1.54, 1.807) is 0 Å². The van der Waals surface area contributed by atoms with Crippen LogP contribution in [0, 0.1) is 29.1 Å². The minimum atomic E-state index is -0.399. The Morgan fingerprint density at radius 1 is 1.22 bits per heavy atom. The minimum Gasteiger partial charge on any atom is -0.348 e. The van der Waals surface area contributed by atoms with Gasteiger partial charge < -0.3 is 9.47 Å². The molecule has 2 heteroatoms. The van der Waals surface area contributed by atoms with Gasteiger partial charge in [-0.05, 0) is 75.0 Å². The van der Waals surface area contributed by atoms with Crippen LogP contribution >= 0.6 is 0 Å². The van der Waals surface area contributed by atoms with Crippen LogP contribution in [0.5, 0.6) is 0 Å². The Labute approximate surface area is 144 Å². The highest BCUT2D eigenvalue weighted by molar-refractivity contribution is 4.97. The molecule has 1 saturated heterocycles. The fourth-order valence-corrected chi connectivity index (χ4v) is 4.96. The number of hydrogen-bond acceptors (Lipinski definition) is 2.